The van der Waals surface area contributed by atoms with Gasteiger partial charge in [0.1, 0.15) is 11.5 Å². The highest BCUT2D eigenvalue weighted by Crippen LogP contribution is 2.27. The molecule has 7 heteroatoms. The molecule has 1 saturated heterocycles. The van der Waals surface area contributed by atoms with Gasteiger partial charge in [-0.05, 0) is 55.8 Å². The Morgan fingerprint density at radius 3 is 2.71 bits per heavy atom. The first-order valence-corrected chi connectivity index (χ1v) is 9.65. The standard InChI is InChI=1S/C21H30N4O2.HI/c1-22-21(23-11-10-18-9-6-14-27-18)24-16-20(25-12-3-4-13-25)17-7-5-8-19(15-17)26-2;/h5-9,14-15,20H,3-4,10-13,16H2,1-2H3,(H2,22,23,24);1H. The lowest BCUT2D eigenvalue weighted by Gasteiger charge is -2.29. The van der Waals surface area contributed by atoms with E-state index in [9.17, 15) is 0 Å². The number of methoxy groups -OCH3 is 1. The Bertz CT molecular complexity index is 715. The number of likely N-dealkylation sites (tertiary alicyclic amines) is 1. The maximum Gasteiger partial charge on any atom is 0.191 e. The Hall–Kier alpha value is -1.74. The van der Waals surface area contributed by atoms with Gasteiger partial charge in [0.2, 0.25) is 0 Å². The van der Waals surface area contributed by atoms with Gasteiger partial charge in [-0.1, -0.05) is 12.1 Å². The van der Waals surface area contributed by atoms with Crippen LogP contribution in [0.4, 0.5) is 0 Å². The SMILES string of the molecule is CN=C(NCCc1ccco1)NCC(c1cccc(OC)c1)N1CCCC1.I. The molecule has 1 unspecified atom stereocenters. The van der Waals surface area contributed by atoms with Crippen LogP contribution >= 0.6 is 24.0 Å². The Morgan fingerprint density at radius 2 is 2.04 bits per heavy atom. The van der Waals surface area contributed by atoms with Crippen molar-refractivity contribution in [1.29, 1.82) is 0 Å². The second kappa shape index (κ2) is 12.0. The second-order valence-electron chi connectivity index (χ2n) is 6.74. The molecule has 1 aromatic carbocycles. The van der Waals surface area contributed by atoms with Crippen molar-refractivity contribution >= 4 is 29.9 Å². The van der Waals surface area contributed by atoms with Gasteiger partial charge < -0.3 is 19.8 Å². The molecule has 0 bridgehead atoms. The number of halogens is 1. The number of nitrogens with one attached hydrogen (secondary N) is 2. The van der Waals surface area contributed by atoms with E-state index in [0.29, 0.717) is 6.04 Å². The van der Waals surface area contributed by atoms with Crippen LogP contribution in [-0.4, -0.2) is 51.2 Å². The van der Waals surface area contributed by atoms with Gasteiger partial charge >= 0.3 is 0 Å². The number of furan rings is 1. The number of rotatable bonds is 8. The minimum absolute atomic E-state index is 0. The predicted molar refractivity (Wildman–Crippen MR) is 124 cm³/mol. The average molecular weight is 498 g/mol. The Morgan fingerprint density at radius 1 is 1.21 bits per heavy atom. The molecule has 0 amide bonds. The topological polar surface area (TPSA) is 62.0 Å². The Labute approximate surface area is 184 Å². The summed E-state index contributed by atoms with van der Waals surface area (Å²) in [5, 5.41) is 6.85. The molecule has 0 saturated carbocycles. The third-order valence-electron chi connectivity index (χ3n) is 4.99. The zero-order chi connectivity index (χ0) is 18.9. The number of benzene rings is 1. The first kappa shape index (κ1) is 22.5. The van der Waals surface area contributed by atoms with E-state index in [1.165, 1.54) is 18.4 Å². The van der Waals surface area contributed by atoms with Gasteiger partial charge in [-0.3, -0.25) is 9.89 Å². The van der Waals surface area contributed by atoms with Crippen LogP contribution in [0.3, 0.4) is 0 Å². The molecule has 1 fully saturated rings. The lowest BCUT2D eigenvalue weighted by molar-refractivity contribution is 0.245. The van der Waals surface area contributed by atoms with Crippen LogP contribution in [0.5, 0.6) is 5.75 Å². The number of hydrogen-bond acceptors (Lipinski definition) is 4. The molecule has 1 atom stereocenters. The summed E-state index contributed by atoms with van der Waals surface area (Å²) in [6.45, 7) is 3.84. The summed E-state index contributed by atoms with van der Waals surface area (Å²) in [7, 11) is 3.52. The Balaban J connectivity index is 0.00000280. The fourth-order valence-electron chi connectivity index (χ4n) is 3.53. The van der Waals surface area contributed by atoms with Crippen LogP contribution in [0.25, 0.3) is 0 Å². The van der Waals surface area contributed by atoms with Gasteiger partial charge in [0.05, 0.1) is 19.4 Å². The summed E-state index contributed by atoms with van der Waals surface area (Å²) in [5.41, 5.74) is 1.27. The lowest BCUT2D eigenvalue weighted by atomic mass is 10.1. The molecule has 0 spiro atoms. The third kappa shape index (κ3) is 6.41. The molecular weight excluding hydrogens is 467 g/mol. The van der Waals surface area contributed by atoms with Gasteiger partial charge in [-0.25, -0.2) is 0 Å². The van der Waals surface area contributed by atoms with Crippen molar-refractivity contribution < 1.29 is 9.15 Å². The number of aliphatic imine (C=N–C) groups is 1. The third-order valence-corrected chi connectivity index (χ3v) is 4.99. The summed E-state index contributed by atoms with van der Waals surface area (Å²) in [4.78, 5) is 6.89. The number of hydrogen-bond donors (Lipinski definition) is 2. The summed E-state index contributed by atoms with van der Waals surface area (Å²) in [5.74, 6) is 2.69. The van der Waals surface area contributed by atoms with Gasteiger partial charge in [0, 0.05) is 26.6 Å². The van der Waals surface area contributed by atoms with Gasteiger partial charge in [-0.15, -0.1) is 24.0 Å². The van der Waals surface area contributed by atoms with Gasteiger partial charge in [-0.2, -0.15) is 0 Å². The molecule has 0 aliphatic carbocycles. The van der Waals surface area contributed by atoms with E-state index in [-0.39, 0.29) is 24.0 Å². The van der Waals surface area contributed by atoms with Crippen LogP contribution < -0.4 is 15.4 Å². The van der Waals surface area contributed by atoms with E-state index in [1.54, 1.807) is 20.4 Å². The molecule has 2 aromatic rings. The first-order valence-electron chi connectivity index (χ1n) is 9.65. The monoisotopic (exact) mass is 498 g/mol. The van der Waals surface area contributed by atoms with Crippen molar-refractivity contribution in [3.8, 4) is 5.75 Å². The molecule has 28 heavy (non-hydrogen) atoms. The van der Waals surface area contributed by atoms with E-state index < -0.39 is 0 Å². The Kier molecular flexibility index (Phi) is 9.63. The van der Waals surface area contributed by atoms with E-state index >= 15 is 0 Å². The van der Waals surface area contributed by atoms with Crippen molar-refractivity contribution in [3.63, 3.8) is 0 Å². The molecule has 2 heterocycles. The molecule has 2 N–H and O–H groups in total. The van der Waals surface area contributed by atoms with Crippen molar-refractivity contribution in [2.24, 2.45) is 4.99 Å². The van der Waals surface area contributed by atoms with E-state index in [1.807, 2.05) is 18.2 Å². The summed E-state index contributed by atoms with van der Waals surface area (Å²) >= 11 is 0. The molecule has 1 aliphatic heterocycles. The van der Waals surface area contributed by atoms with Crippen LogP contribution in [0.15, 0.2) is 52.1 Å². The maximum atomic E-state index is 5.42. The number of guanidine groups is 1. The molecule has 1 aliphatic rings. The maximum absolute atomic E-state index is 5.42. The average Bonchev–Trinajstić information content (AvgIpc) is 3.41. The fraction of sp³-hybridized carbons (Fsp3) is 0.476. The van der Waals surface area contributed by atoms with Crippen LogP contribution in [0.1, 0.15) is 30.2 Å². The minimum atomic E-state index is 0. The van der Waals surface area contributed by atoms with Crippen molar-refractivity contribution in [1.82, 2.24) is 15.5 Å². The smallest absolute Gasteiger partial charge is 0.191 e. The van der Waals surface area contributed by atoms with Crippen LogP contribution in [0, 0.1) is 0 Å². The van der Waals surface area contributed by atoms with Crippen LogP contribution in [0.2, 0.25) is 0 Å². The van der Waals surface area contributed by atoms with E-state index in [4.69, 9.17) is 9.15 Å². The highest BCUT2D eigenvalue weighted by molar-refractivity contribution is 14.0. The number of nitrogens with zero attached hydrogens (tertiary/aromatic N) is 2. The molecule has 154 valence electrons. The van der Waals surface area contributed by atoms with Crippen LogP contribution in [-0.2, 0) is 6.42 Å². The lowest BCUT2D eigenvalue weighted by Crippen LogP contribution is -2.43. The largest absolute Gasteiger partial charge is 0.497 e. The van der Waals surface area contributed by atoms with Gasteiger partial charge in [0.15, 0.2) is 5.96 Å². The fourth-order valence-corrected chi connectivity index (χ4v) is 3.53. The second-order valence-corrected chi connectivity index (χ2v) is 6.74. The molecule has 1 aromatic heterocycles. The van der Waals surface area contributed by atoms with Gasteiger partial charge in [0.25, 0.3) is 0 Å². The zero-order valence-corrected chi connectivity index (χ0v) is 19.0. The zero-order valence-electron chi connectivity index (χ0n) is 16.7. The normalized spacial score (nSPS) is 15.7. The highest BCUT2D eigenvalue weighted by atomic mass is 127. The highest BCUT2D eigenvalue weighted by Gasteiger charge is 2.24. The first-order chi connectivity index (χ1) is 13.3. The molecule has 6 nitrogen and oxygen atoms in total. The van der Waals surface area contributed by atoms with E-state index in [0.717, 1.165) is 50.1 Å². The minimum Gasteiger partial charge on any atom is -0.497 e. The van der Waals surface area contributed by atoms with Crippen molar-refractivity contribution in [2.75, 3.05) is 40.3 Å². The quantitative estimate of drug-likeness (QED) is 0.332. The molecule has 3 rings (SSSR count). The number of ether oxygens (including phenoxy) is 1. The van der Waals surface area contributed by atoms with Crippen molar-refractivity contribution in [3.05, 3.63) is 54.0 Å². The van der Waals surface area contributed by atoms with Crippen molar-refractivity contribution in [2.45, 2.75) is 25.3 Å². The molecule has 0 radical (unpaired) electrons. The summed E-state index contributed by atoms with van der Waals surface area (Å²) in [6, 6.07) is 12.6. The molecular formula is C21H31IN4O2. The van der Waals surface area contributed by atoms with E-state index in [2.05, 4.69) is 38.7 Å². The summed E-state index contributed by atoms with van der Waals surface area (Å²) in [6.07, 6.45) is 5.06. The predicted octanol–water partition coefficient (Wildman–Crippen LogP) is 3.45. The summed E-state index contributed by atoms with van der Waals surface area (Å²) < 4.78 is 10.8.